The number of anilines is 1. The Morgan fingerprint density at radius 3 is 2.57 bits per heavy atom. The summed E-state index contributed by atoms with van der Waals surface area (Å²) >= 11 is 6.13. The molecular formula is C17H18ClN5. The number of nitrogens with one attached hydrogen (secondary N) is 1. The van der Waals surface area contributed by atoms with E-state index in [2.05, 4.69) is 20.8 Å². The zero-order chi connectivity index (χ0) is 16.4. The third kappa shape index (κ3) is 3.19. The predicted molar refractivity (Wildman–Crippen MR) is 92.0 cm³/mol. The number of rotatable bonds is 4. The smallest absolute Gasteiger partial charge is 0.181 e. The average molecular weight is 328 g/mol. The Morgan fingerprint density at radius 1 is 1.09 bits per heavy atom. The van der Waals surface area contributed by atoms with Crippen molar-refractivity contribution in [3.63, 3.8) is 0 Å². The average Bonchev–Trinajstić information content (AvgIpc) is 3.00. The minimum atomic E-state index is -0.459. The number of aromatic nitrogens is 4. The zero-order valence-electron chi connectivity index (χ0n) is 13.3. The molecule has 0 bridgehead atoms. The Morgan fingerprint density at radius 2 is 1.83 bits per heavy atom. The molecule has 0 aliphatic rings. The largest absolute Gasteiger partial charge is 0.373 e. The first-order valence-electron chi connectivity index (χ1n) is 7.36. The maximum absolute atomic E-state index is 6.13. The minimum absolute atomic E-state index is 0.459. The molecule has 0 spiro atoms. The van der Waals surface area contributed by atoms with Gasteiger partial charge in [-0.05, 0) is 61.0 Å². The highest BCUT2D eigenvalue weighted by Gasteiger charge is 2.28. The lowest BCUT2D eigenvalue weighted by molar-refractivity contribution is 0.541. The SMILES string of the molecule is Cc1ccc(Cl)cc1-n1nnnc1C(C)(C)Nc1ccccc1. The Bertz CT molecular complexity index is 811. The number of hydrogen-bond donors (Lipinski definition) is 1. The van der Waals surface area contributed by atoms with Gasteiger partial charge in [0, 0.05) is 10.7 Å². The predicted octanol–water partition coefficient (Wildman–Crippen LogP) is 3.97. The van der Waals surface area contributed by atoms with E-state index in [1.807, 2.05) is 69.3 Å². The first-order chi connectivity index (χ1) is 11.0. The van der Waals surface area contributed by atoms with Crippen LogP contribution in [0.25, 0.3) is 5.69 Å². The maximum Gasteiger partial charge on any atom is 0.181 e. The van der Waals surface area contributed by atoms with Crippen LogP contribution in [-0.2, 0) is 5.54 Å². The molecule has 0 radical (unpaired) electrons. The van der Waals surface area contributed by atoms with E-state index in [4.69, 9.17) is 11.6 Å². The van der Waals surface area contributed by atoms with Crippen molar-refractivity contribution in [1.82, 2.24) is 20.2 Å². The van der Waals surface area contributed by atoms with Gasteiger partial charge >= 0.3 is 0 Å². The lowest BCUT2D eigenvalue weighted by Crippen LogP contribution is -2.32. The fourth-order valence-electron chi connectivity index (χ4n) is 2.49. The van der Waals surface area contributed by atoms with Gasteiger partial charge in [-0.25, -0.2) is 0 Å². The molecule has 3 rings (SSSR count). The van der Waals surface area contributed by atoms with Gasteiger partial charge in [-0.3, -0.25) is 0 Å². The highest BCUT2D eigenvalue weighted by molar-refractivity contribution is 6.30. The summed E-state index contributed by atoms with van der Waals surface area (Å²) in [6.45, 7) is 6.10. The summed E-state index contributed by atoms with van der Waals surface area (Å²) in [5.74, 6) is 0.715. The van der Waals surface area contributed by atoms with E-state index in [0.717, 1.165) is 16.9 Å². The van der Waals surface area contributed by atoms with Gasteiger partial charge in [0.1, 0.15) is 0 Å². The number of hydrogen-bond acceptors (Lipinski definition) is 4. The van der Waals surface area contributed by atoms with Crippen molar-refractivity contribution in [1.29, 1.82) is 0 Å². The van der Waals surface area contributed by atoms with E-state index in [9.17, 15) is 0 Å². The van der Waals surface area contributed by atoms with Crippen LogP contribution in [0.1, 0.15) is 25.2 Å². The Labute approximate surface area is 140 Å². The summed E-state index contributed by atoms with van der Waals surface area (Å²) in [4.78, 5) is 0. The monoisotopic (exact) mass is 327 g/mol. The second-order valence-corrected chi connectivity index (χ2v) is 6.40. The highest BCUT2D eigenvalue weighted by atomic mass is 35.5. The van der Waals surface area contributed by atoms with Gasteiger partial charge in [0.15, 0.2) is 5.82 Å². The molecular weight excluding hydrogens is 310 g/mol. The second-order valence-electron chi connectivity index (χ2n) is 5.96. The summed E-state index contributed by atoms with van der Waals surface area (Å²) in [6, 6.07) is 15.7. The van der Waals surface area contributed by atoms with Crippen LogP contribution in [0.5, 0.6) is 0 Å². The van der Waals surface area contributed by atoms with Crippen molar-refractivity contribution >= 4 is 17.3 Å². The van der Waals surface area contributed by atoms with Gasteiger partial charge in [-0.1, -0.05) is 35.9 Å². The van der Waals surface area contributed by atoms with Gasteiger partial charge < -0.3 is 5.32 Å². The molecule has 0 amide bonds. The van der Waals surface area contributed by atoms with Gasteiger partial charge in [-0.2, -0.15) is 4.68 Å². The van der Waals surface area contributed by atoms with Crippen molar-refractivity contribution in [3.8, 4) is 5.69 Å². The molecule has 0 aliphatic heterocycles. The van der Waals surface area contributed by atoms with Crippen molar-refractivity contribution in [2.75, 3.05) is 5.32 Å². The topological polar surface area (TPSA) is 55.6 Å². The Hall–Kier alpha value is -2.40. The summed E-state index contributed by atoms with van der Waals surface area (Å²) in [5, 5.41) is 16.4. The van der Waals surface area contributed by atoms with Crippen LogP contribution in [0, 0.1) is 6.92 Å². The molecule has 1 aromatic heterocycles. The molecule has 0 saturated carbocycles. The quantitative estimate of drug-likeness (QED) is 0.787. The van der Waals surface area contributed by atoms with Crippen LogP contribution in [0.15, 0.2) is 48.5 Å². The van der Waals surface area contributed by atoms with E-state index in [1.54, 1.807) is 4.68 Å². The number of nitrogens with zero attached hydrogens (tertiary/aromatic N) is 4. The van der Waals surface area contributed by atoms with Crippen LogP contribution in [0.2, 0.25) is 5.02 Å². The molecule has 5 nitrogen and oxygen atoms in total. The molecule has 0 aliphatic carbocycles. The molecule has 1 heterocycles. The Kier molecular flexibility index (Phi) is 4.05. The third-order valence-corrected chi connectivity index (χ3v) is 3.89. The molecule has 118 valence electrons. The Balaban J connectivity index is 2.01. The van der Waals surface area contributed by atoms with Crippen LogP contribution >= 0.6 is 11.6 Å². The van der Waals surface area contributed by atoms with Crippen LogP contribution < -0.4 is 5.32 Å². The van der Waals surface area contributed by atoms with Gasteiger partial charge in [0.25, 0.3) is 0 Å². The summed E-state index contributed by atoms with van der Waals surface area (Å²) in [5.41, 5.74) is 2.48. The molecule has 0 atom stereocenters. The van der Waals surface area contributed by atoms with Gasteiger partial charge in [-0.15, -0.1) is 5.10 Å². The molecule has 0 fully saturated rings. The van der Waals surface area contributed by atoms with Crippen molar-refractivity contribution in [2.24, 2.45) is 0 Å². The normalized spacial score (nSPS) is 11.5. The zero-order valence-corrected chi connectivity index (χ0v) is 14.0. The molecule has 0 saturated heterocycles. The summed E-state index contributed by atoms with van der Waals surface area (Å²) in [6.07, 6.45) is 0. The number of para-hydroxylation sites is 1. The maximum atomic E-state index is 6.13. The number of benzene rings is 2. The van der Waals surface area contributed by atoms with E-state index in [1.165, 1.54) is 0 Å². The molecule has 1 N–H and O–H groups in total. The van der Waals surface area contributed by atoms with E-state index >= 15 is 0 Å². The van der Waals surface area contributed by atoms with Crippen LogP contribution in [-0.4, -0.2) is 20.2 Å². The van der Waals surface area contributed by atoms with Crippen molar-refractivity contribution < 1.29 is 0 Å². The van der Waals surface area contributed by atoms with Crippen LogP contribution in [0.4, 0.5) is 5.69 Å². The third-order valence-electron chi connectivity index (χ3n) is 3.66. The fraction of sp³-hybridized carbons (Fsp3) is 0.235. The van der Waals surface area contributed by atoms with E-state index in [0.29, 0.717) is 10.8 Å². The molecule has 2 aromatic carbocycles. The second kappa shape index (κ2) is 6.01. The van der Waals surface area contributed by atoms with Crippen LogP contribution in [0.3, 0.4) is 0 Å². The fourth-order valence-corrected chi connectivity index (χ4v) is 2.65. The summed E-state index contributed by atoms with van der Waals surface area (Å²) in [7, 11) is 0. The lowest BCUT2D eigenvalue weighted by atomic mass is 10.0. The van der Waals surface area contributed by atoms with Crippen molar-refractivity contribution in [3.05, 3.63) is 64.9 Å². The first kappa shape index (κ1) is 15.5. The number of aryl methyl sites for hydroxylation is 1. The van der Waals surface area contributed by atoms with Crippen molar-refractivity contribution in [2.45, 2.75) is 26.3 Å². The van der Waals surface area contributed by atoms with E-state index < -0.39 is 5.54 Å². The first-order valence-corrected chi connectivity index (χ1v) is 7.74. The highest BCUT2D eigenvalue weighted by Crippen LogP contribution is 2.27. The molecule has 3 aromatic rings. The lowest BCUT2D eigenvalue weighted by Gasteiger charge is -2.26. The van der Waals surface area contributed by atoms with E-state index in [-0.39, 0.29) is 0 Å². The summed E-state index contributed by atoms with van der Waals surface area (Å²) < 4.78 is 1.73. The molecule has 0 unspecified atom stereocenters. The number of tetrazole rings is 1. The molecule has 6 heteroatoms. The standard InChI is InChI=1S/C17H18ClN5/c1-12-9-10-13(18)11-15(12)23-16(20-21-22-23)17(2,3)19-14-7-5-4-6-8-14/h4-11,19H,1-3H3. The van der Waals surface area contributed by atoms with Gasteiger partial charge in [0.2, 0.25) is 0 Å². The van der Waals surface area contributed by atoms with Gasteiger partial charge in [0.05, 0.1) is 11.2 Å². The molecule has 23 heavy (non-hydrogen) atoms. The minimum Gasteiger partial charge on any atom is -0.373 e. The number of halogens is 1.